The molecule has 2 N–H and O–H groups in total. The van der Waals surface area contributed by atoms with Crippen LogP contribution in [-0.4, -0.2) is 32.5 Å². The Morgan fingerprint density at radius 3 is 2.73 bits per heavy atom. The first kappa shape index (κ1) is 17.5. The molecular weight excluding hydrogens is 372 g/mol. The van der Waals surface area contributed by atoms with E-state index in [9.17, 15) is 4.79 Å². The molecule has 0 spiro atoms. The third kappa shape index (κ3) is 2.69. The van der Waals surface area contributed by atoms with Crippen molar-refractivity contribution in [3.63, 3.8) is 0 Å². The quantitative estimate of drug-likeness (QED) is 0.519. The van der Waals surface area contributed by atoms with Gasteiger partial charge in [-0.05, 0) is 55.0 Å². The van der Waals surface area contributed by atoms with Crippen LogP contribution in [0.25, 0.3) is 10.9 Å². The largest absolute Gasteiger partial charge is 0.356 e. The number of benzene rings is 2. The number of carbonyl (C=O) groups excluding carboxylic acids is 1. The molecule has 1 unspecified atom stereocenters. The van der Waals surface area contributed by atoms with Gasteiger partial charge in [0.05, 0.1) is 6.04 Å². The number of rotatable bonds is 3. The van der Waals surface area contributed by atoms with Gasteiger partial charge in [0.1, 0.15) is 5.69 Å². The Balaban J connectivity index is 1.48. The Kier molecular flexibility index (Phi) is 3.85. The number of hydrogen-bond acceptors (Lipinski definition) is 2. The Hall–Kier alpha value is -3.34. The van der Waals surface area contributed by atoms with E-state index in [1.807, 2.05) is 11.0 Å². The maximum atomic E-state index is 13.6. The van der Waals surface area contributed by atoms with Crippen molar-refractivity contribution in [3.05, 3.63) is 88.4 Å². The van der Waals surface area contributed by atoms with E-state index in [0.717, 1.165) is 28.9 Å². The zero-order chi connectivity index (χ0) is 20.2. The standard InChI is InChI=1S/C25H24N4O/c1-15-6-2-3-7-17(15)24-23-19(18-8-4-5-9-20(18)26-23)12-13-29(24)25(30)22-14-21(27-28-22)16-10-11-16/h2-9,14,16,24,26H,10-13H2,1H3,(H,27,28). The SMILES string of the molecule is Cc1ccccc1C1c2[nH]c3ccccc3c2CCN1C(=O)c1cc(C2CC2)[nH]n1. The van der Waals surface area contributed by atoms with Crippen LogP contribution >= 0.6 is 0 Å². The van der Waals surface area contributed by atoms with Gasteiger partial charge in [0, 0.05) is 34.8 Å². The molecule has 150 valence electrons. The first-order chi connectivity index (χ1) is 14.7. The first-order valence-corrected chi connectivity index (χ1v) is 10.7. The lowest BCUT2D eigenvalue weighted by molar-refractivity contribution is 0.0685. The van der Waals surface area contributed by atoms with Gasteiger partial charge in [-0.2, -0.15) is 5.10 Å². The number of para-hydroxylation sites is 1. The zero-order valence-electron chi connectivity index (χ0n) is 17.0. The second kappa shape index (κ2) is 6.59. The van der Waals surface area contributed by atoms with Gasteiger partial charge in [-0.3, -0.25) is 9.89 Å². The van der Waals surface area contributed by atoms with Crippen LogP contribution in [0.15, 0.2) is 54.6 Å². The lowest BCUT2D eigenvalue weighted by atomic mass is 9.90. The number of H-pyrrole nitrogens is 2. The predicted octanol–water partition coefficient (Wildman–Crippen LogP) is 4.86. The number of hydrogen-bond donors (Lipinski definition) is 2. The van der Waals surface area contributed by atoms with Crippen molar-refractivity contribution in [3.8, 4) is 0 Å². The highest BCUT2D eigenvalue weighted by molar-refractivity contribution is 5.94. The van der Waals surface area contributed by atoms with Gasteiger partial charge >= 0.3 is 0 Å². The van der Waals surface area contributed by atoms with Crippen LogP contribution in [0.1, 0.15) is 63.4 Å². The van der Waals surface area contributed by atoms with E-state index in [2.05, 4.69) is 70.6 Å². The lowest BCUT2D eigenvalue weighted by Crippen LogP contribution is -2.41. The van der Waals surface area contributed by atoms with Gasteiger partial charge in [-0.15, -0.1) is 0 Å². The Labute approximate surface area is 175 Å². The third-order valence-corrected chi connectivity index (χ3v) is 6.61. The molecule has 1 saturated carbocycles. The average molecular weight is 396 g/mol. The summed E-state index contributed by atoms with van der Waals surface area (Å²) in [5.41, 5.74) is 7.55. The molecule has 2 aromatic carbocycles. The normalized spacial score (nSPS) is 18.6. The molecule has 1 fully saturated rings. The molecule has 0 radical (unpaired) electrons. The highest BCUT2D eigenvalue weighted by atomic mass is 16.2. The number of amides is 1. The molecule has 3 heterocycles. The number of aryl methyl sites for hydroxylation is 1. The van der Waals surface area contributed by atoms with Crippen molar-refractivity contribution in [2.45, 2.75) is 38.1 Å². The van der Waals surface area contributed by atoms with Crippen LogP contribution in [0.5, 0.6) is 0 Å². The molecule has 0 bridgehead atoms. The summed E-state index contributed by atoms with van der Waals surface area (Å²) in [6, 6.07) is 18.6. The smallest absolute Gasteiger partial charge is 0.275 e. The number of fused-ring (bicyclic) bond motifs is 3. The topological polar surface area (TPSA) is 64.8 Å². The van der Waals surface area contributed by atoms with Gasteiger partial charge in [0.25, 0.3) is 5.91 Å². The van der Waals surface area contributed by atoms with Crippen molar-refractivity contribution in [1.29, 1.82) is 0 Å². The van der Waals surface area contributed by atoms with E-state index in [4.69, 9.17) is 0 Å². The van der Waals surface area contributed by atoms with Crippen molar-refractivity contribution in [2.24, 2.45) is 0 Å². The molecule has 5 nitrogen and oxygen atoms in total. The number of aromatic nitrogens is 3. The summed E-state index contributed by atoms with van der Waals surface area (Å²) in [4.78, 5) is 19.2. The highest BCUT2D eigenvalue weighted by Gasteiger charge is 2.37. The summed E-state index contributed by atoms with van der Waals surface area (Å²) < 4.78 is 0. The molecule has 6 rings (SSSR count). The van der Waals surface area contributed by atoms with E-state index in [-0.39, 0.29) is 11.9 Å². The Morgan fingerprint density at radius 2 is 1.90 bits per heavy atom. The Morgan fingerprint density at radius 1 is 1.10 bits per heavy atom. The minimum atomic E-state index is -0.143. The molecule has 2 aromatic heterocycles. The summed E-state index contributed by atoms with van der Waals surface area (Å²) in [5.74, 6) is 0.545. The monoisotopic (exact) mass is 396 g/mol. The average Bonchev–Trinajstić information content (AvgIpc) is 3.38. The molecule has 1 atom stereocenters. The van der Waals surface area contributed by atoms with Gasteiger partial charge in [-0.1, -0.05) is 42.5 Å². The van der Waals surface area contributed by atoms with Crippen LogP contribution in [0.4, 0.5) is 0 Å². The summed E-state index contributed by atoms with van der Waals surface area (Å²) in [7, 11) is 0. The van der Waals surface area contributed by atoms with E-state index < -0.39 is 0 Å². The summed E-state index contributed by atoms with van der Waals surface area (Å²) in [6.45, 7) is 2.80. The number of aromatic amines is 2. The van der Waals surface area contributed by atoms with Gasteiger partial charge in [0.15, 0.2) is 0 Å². The molecule has 1 aliphatic heterocycles. The van der Waals surface area contributed by atoms with E-state index >= 15 is 0 Å². The Bertz CT molecular complexity index is 1260. The maximum Gasteiger partial charge on any atom is 0.275 e. The highest BCUT2D eigenvalue weighted by Crippen LogP contribution is 2.41. The van der Waals surface area contributed by atoms with E-state index in [0.29, 0.717) is 18.2 Å². The second-order valence-corrected chi connectivity index (χ2v) is 8.55. The maximum absolute atomic E-state index is 13.6. The summed E-state index contributed by atoms with van der Waals surface area (Å²) >= 11 is 0. The van der Waals surface area contributed by atoms with Crippen molar-refractivity contribution < 1.29 is 4.79 Å². The van der Waals surface area contributed by atoms with Crippen molar-refractivity contribution in [2.75, 3.05) is 6.54 Å². The lowest BCUT2D eigenvalue weighted by Gasteiger charge is -2.36. The van der Waals surface area contributed by atoms with Gasteiger partial charge < -0.3 is 9.88 Å². The number of nitrogens with one attached hydrogen (secondary N) is 2. The van der Waals surface area contributed by atoms with Crippen molar-refractivity contribution in [1.82, 2.24) is 20.1 Å². The fourth-order valence-electron chi connectivity index (χ4n) is 4.87. The molecule has 0 saturated heterocycles. The minimum Gasteiger partial charge on any atom is -0.356 e. The fraction of sp³-hybridized carbons (Fsp3) is 0.280. The molecule has 1 aliphatic carbocycles. The predicted molar refractivity (Wildman–Crippen MR) is 117 cm³/mol. The molecule has 5 heteroatoms. The molecule has 1 amide bonds. The van der Waals surface area contributed by atoms with Crippen LogP contribution in [-0.2, 0) is 6.42 Å². The number of nitrogens with zero attached hydrogens (tertiary/aromatic N) is 2. The molecular formula is C25H24N4O. The van der Waals surface area contributed by atoms with E-state index in [1.165, 1.54) is 29.4 Å². The molecule has 2 aliphatic rings. The fourth-order valence-corrected chi connectivity index (χ4v) is 4.87. The van der Waals surface area contributed by atoms with Crippen LogP contribution in [0.2, 0.25) is 0 Å². The van der Waals surface area contributed by atoms with Gasteiger partial charge in [0.2, 0.25) is 0 Å². The van der Waals surface area contributed by atoms with Crippen LogP contribution in [0, 0.1) is 6.92 Å². The van der Waals surface area contributed by atoms with E-state index in [1.54, 1.807) is 0 Å². The van der Waals surface area contributed by atoms with Crippen molar-refractivity contribution >= 4 is 16.8 Å². The third-order valence-electron chi connectivity index (χ3n) is 6.61. The summed E-state index contributed by atoms with van der Waals surface area (Å²) in [6.07, 6.45) is 3.21. The summed E-state index contributed by atoms with van der Waals surface area (Å²) in [5, 5.41) is 8.72. The van der Waals surface area contributed by atoms with Crippen LogP contribution in [0.3, 0.4) is 0 Å². The first-order valence-electron chi connectivity index (χ1n) is 10.7. The second-order valence-electron chi connectivity index (χ2n) is 8.55. The van der Waals surface area contributed by atoms with Crippen LogP contribution < -0.4 is 0 Å². The molecule has 30 heavy (non-hydrogen) atoms. The minimum absolute atomic E-state index is 0.00397. The zero-order valence-corrected chi connectivity index (χ0v) is 17.0. The molecule has 4 aromatic rings. The van der Waals surface area contributed by atoms with Gasteiger partial charge in [-0.25, -0.2) is 0 Å². The number of carbonyl (C=O) groups is 1.